The smallest absolute Gasteiger partial charge is 0.217 e. The Morgan fingerprint density at radius 1 is 1.17 bits per heavy atom. The molecule has 1 N–H and O–H groups in total. The Bertz CT molecular complexity index is 315. The number of pyridine rings is 1. The van der Waals surface area contributed by atoms with Gasteiger partial charge in [0.1, 0.15) is 0 Å². The second-order valence-electron chi connectivity index (χ2n) is 4.51. The zero-order chi connectivity index (χ0) is 13.1. The van der Waals surface area contributed by atoms with E-state index in [1.807, 2.05) is 6.07 Å². The first-order valence-corrected chi connectivity index (χ1v) is 7.15. The van der Waals surface area contributed by atoms with Gasteiger partial charge in [0.2, 0.25) is 5.88 Å². The van der Waals surface area contributed by atoms with Gasteiger partial charge < -0.3 is 10.1 Å². The Balaban J connectivity index is 2.27. The lowest BCUT2D eigenvalue weighted by molar-refractivity contribution is 0.289. The quantitative estimate of drug-likeness (QED) is 0.645. The van der Waals surface area contributed by atoms with Gasteiger partial charge >= 0.3 is 0 Å². The van der Waals surface area contributed by atoms with Crippen LogP contribution in [0.5, 0.6) is 5.88 Å². The summed E-state index contributed by atoms with van der Waals surface area (Å²) in [5.41, 5.74) is 1.15. The fourth-order valence-corrected chi connectivity index (χ4v) is 1.82. The van der Waals surface area contributed by atoms with Crippen LogP contribution in [0.3, 0.4) is 0 Å². The highest BCUT2D eigenvalue weighted by Gasteiger charge is 2.03. The second kappa shape index (κ2) is 9.89. The van der Waals surface area contributed by atoms with E-state index in [0.29, 0.717) is 0 Å². The SMILES string of the molecule is CCCCCCCOc1ncccc1CNCC. The average molecular weight is 250 g/mol. The highest BCUT2D eigenvalue weighted by atomic mass is 16.5. The number of hydrogen-bond donors (Lipinski definition) is 1. The van der Waals surface area contributed by atoms with Crippen molar-refractivity contribution >= 4 is 0 Å². The molecule has 0 atom stereocenters. The summed E-state index contributed by atoms with van der Waals surface area (Å²) in [5.74, 6) is 0.786. The van der Waals surface area contributed by atoms with Crippen molar-refractivity contribution < 1.29 is 4.74 Å². The molecule has 1 aromatic heterocycles. The van der Waals surface area contributed by atoms with E-state index in [2.05, 4.69) is 30.2 Å². The number of aromatic nitrogens is 1. The van der Waals surface area contributed by atoms with Gasteiger partial charge in [-0.05, 0) is 19.0 Å². The van der Waals surface area contributed by atoms with Gasteiger partial charge in [-0.2, -0.15) is 0 Å². The van der Waals surface area contributed by atoms with Crippen LogP contribution in [0.25, 0.3) is 0 Å². The summed E-state index contributed by atoms with van der Waals surface area (Å²) in [5, 5.41) is 3.30. The lowest BCUT2D eigenvalue weighted by Crippen LogP contribution is -2.13. The van der Waals surface area contributed by atoms with Crippen molar-refractivity contribution in [3.05, 3.63) is 23.9 Å². The Kier molecular flexibility index (Phi) is 8.23. The number of nitrogens with one attached hydrogen (secondary N) is 1. The van der Waals surface area contributed by atoms with Crippen LogP contribution in [0, 0.1) is 0 Å². The van der Waals surface area contributed by atoms with Gasteiger partial charge in [0.15, 0.2) is 0 Å². The normalized spacial score (nSPS) is 10.6. The van der Waals surface area contributed by atoms with Crippen molar-refractivity contribution in [3.8, 4) is 5.88 Å². The standard InChI is InChI=1S/C15H26N2O/c1-3-5-6-7-8-12-18-15-14(13-16-4-2)10-9-11-17-15/h9-11,16H,3-8,12-13H2,1-2H3. The minimum atomic E-state index is 0.778. The highest BCUT2D eigenvalue weighted by Crippen LogP contribution is 2.14. The largest absolute Gasteiger partial charge is 0.477 e. The first-order valence-electron chi connectivity index (χ1n) is 7.15. The van der Waals surface area contributed by atoms with E-state index in [0.717, 1.165) is 37.6 Å². The topological polar surface area (TPSA) is 34.1 Å². The number of hydrogen-bond acceptors (Lipinski definition) is 3. The molecule has 0 saturated heterocycles. The Morgan fingerprint density at radius 3 is 2.78 bits per heavy atom. The summed E-state index contributed by atoms with van der Waals surface area (Å²) in [6.07, 6.45) is 8.10. The minimum Gasteiger partial charge on any atom is -0.477 e. The van der Waals surface area contributed by atoms with E-state index in [1.54, 1.807) is 6.20 Å². The Morgan fingerprint density at radius 2 is 2.00 bits per heavy atom. The van der Waals surface area contributed by atoms with Crippen LogP contribution in [-0.2, 0) is 6.54 Å². The van der Waals surface area contributed by atoms with Gasteiger partial charge in [0.05, 0.1) is 6.61 Å². The lowest BCUT2D eigenvalue weighted by atomic mass is 10.2. The molecule has 0 aliphatic carbocycles. The second-order valence-corrected chi connectivity index (χ2v) is 4.51. The molecule has 0 aliphatic heterocycles. The molecule has 0 aromatic carbocycles. The zero-order valence-corrected chi connectivity index (χ0v) is 11.7. The highest BCUT2D eigenvalue weighted by molar-refractivity contribution is 5.25. The molecule has 0 saturated carbocycles. The molecule has 0 unspecified atom stereocenters. The van der Waals surface area contributed by atoms with E-state index >= 15 is 0 Å². The monoisotopic (exact) mass is 250 g/mol. The molecule has 3 nitrogen and oxygen atoms in total. The third-order valence-corrected chi connectivity index (χ3v) is 2.90. The number of rotatable bonds is 10. The van der Waals surface area contributed by atoms with E-state index < -0.39 is 0 Å². The summed E-state index contributed by atoms with van der Waals surface area (Å²) in [6, 6.07) is 4.03. The lowest BCUT2D eigenvalue weighted by Gasteiger charge is -2.10. The maximum absolute atomic E-state index is 5.76. The molecule has 18 heavy (non-hydrogen) atoms. The summed E-state index contributed by atoms with van der Waals surface area (Å²) in [7, 11) is 0. The van der Waals surface area contributed by atoms with Gasteiger partial charge in [-0.15, -0.1) is 0 Å². The molecular weight excluding hydrogens is 224 g/mol. The Labute approximate surface area is 111 Å². The molecule has 1 heterocycles. The van der Waals surface area contributed by atoms with Crippen LogP contribution in [0.1, 0.15) is 51.5 Å². The molecule has 0 bridgehead atoms. The molecular formula is C15H26N2O. The first-order chi connectivity index (χ1) is 8.88. The van der Waals surface area contributed by atoms with Crippen LogP contribution < -0.4 is 10.1 Å². The van der Waals surface area contributed by atoms with E-state index in [1.165, 1.54) is 25.7 Å². The number of nitrogens with zero attached hydrogens (tertiary/aromatic N) is 1. The van der Waals surface area contributed by atoms with Gasteiger partial charge in [0, 0.05) is 18.3 Å². The van der Waals surface area contributed by atoms with Crippen LogP contribution in [0.2, 0.25) is 0 Å². The van der Waals surface area contributed by atoms with Gasteiger partial charge in [-0.3, -0.25) is 0 Å². The van der Waals surface area contributed by atoms with Crippen molar-refractivity contribution in [2.24, 2.45) is 0 Å². The molecule has 0 aliphatic rings. The third-order valence-electron chi connectivity index (χ3n) is 2.90. The predicted molar refractivity (Wildman–Crippen MR) is 75.9 cm³/mol. The summed E-state index contributed by atoms with van der Waals surface area (Å²) in [4.78, 5) is 4.30. The number of ether oxygens (including phenoxy) is 1. The molecule has 0 fully saturated rings. The molecule has 1 rings (SSSR count). The van der Waals surface area contributed by atoms with Crippen LogP contribution in [0.4, 0.5) is 0 Å². The van der Waals surface area contributed by atoms with Crippen molar-refractivity contribution in [1.29, 1.82) is 0 Å². The average Bonchev–Trinajstić information content (AvgIpc) is 2.41. The zero-order valence-electron chi connectivity index (χ0n) is 11.7. The molecule has 0 amide bonds. The van der Waals surface area contributed by atoms with Crippen LogP contribution >= 0.6 is 0 Å². The molecule has 0 radical (unpaired) electrons. The molecule has 102 valence electrons. The number of unbranched alkanes of at least 4 members (excludes halogenated alkanes) is 4. The maximum Gasteiger partial charge on any atom is 0.217 e. The predicted octanol–water partition coefficient (Wildman–Crippen LogP) is 3.54. The first kappa shape index (κ1) is 15.0. The fourth-order valence-electron chi connectivity index (χ4n) is 1.82. The Hall–Kier alpha value is -1.09. The van der Waals surface area contributed by atoms with E-state index in [-0.39, 0.29) is 0 Å². The van der Waals surface area contributed by atoms with Crippen molar-refractivity contribution in [2.75, 3.05) is 13.2 Å². The van der Waals surface area contributed by atoms with Gasteiger partial charge in [0.25, 0.3) is 0 Å². The maximum atomic E-state index is 5.76. The van der Waals surface area contributed by atoms with E-state index in [9.17, 15) is 0 Å². The summed E-state index contributed by atoms with van der Waals surface area (Å²) in [6.45, 7) is 6.91. The van der Waals surface area contributed by atoms with E-state index in [4.69, 9.17) is 4.74 Å². The summed E-state index contributed by atoms with van der Waals surface area (Å²) >= 11 is 0. The molecule has 3 heteroatoms. The third kappa shape index (κ3) is 6.01. The van der Waals surface area contributed by atoms with Crippen LogP contribution in [-0.4, -0.2) is 18.1 Å². The van der Waals surface area contributed by atoms with Gasteiger partial charge in [-0.25, -0.2) is 4.98 Å². The fraction of sp³-hybridized carbons (Fsp3) is 0.667. The van der Waals surface area contributed by atoms with Crippen molar-refractivity contribution in [1.82, 2.24) is 10.3 Å². The molecule has 0 spiro atoms. The van der Waals surface area contributed by atoms with Crippen molar-refractivity contribution in [2.45, 2.75) is 52.5 Å². The minimum absolute atomic E-state index is 0.778. The summed E-state index contributed by atoms with van der Waals surface area (Å²) < 4.78 is 5.76. The van der Waals surface area contributed by atoms with Crippen LogP contribution in [0.15, 0.2) is 18.3 Å². The van der Waals surface area contributed by atoms with Crippen molar-refractivity contribution in [3.63, 3.8) is 0 Å². The van der Waals surface area contributed by atoms with Gasteiger partial charge in [-0.1, -0.05) is 45.6 Å². The molecule has 1 aromatic rings.